The van der Waals surface area contributed by atoms with E-state index in [1.54, 1.807) is 11.8 Å². The molecule has 6 nitrogen and oxygen atoms in total. The molecule has 0 saturated heterocycles. The first-order valence-electron chi connectivity index (χ1n) is 7.72. The Morgan fingerprint density at radius 2 is 2.09 bits per heavy atom. The largest absolute Gasteiger partial charge is 0.497 e. The molecule has 0 bridgehead atoms. The highest BCUT2D eigenvalue weighted by Gasteiger charge is 2.42. The molecular weight excluding hydrogens is 292 g/mol. The van der Waals surface area contributed by atoms with Crippen LogP contribution in [0.15, 0.2) is 42.4 Å². The van der Waals surface area contributed by atoms with Crippen molar-refractivity contribution in [3.8, 4) is 5.75 Å². The molecule has 118 valence electrons. The zero-order valence-electron chi connectivity index (χ0n) is 13.1. The Hall–Kier alpha value is -2.63. The van der Waals surface area contributed by atoms with Crippen molar-refractivity contribution < 1.29 is 9.53 Å². The number of methoxy groups -OCH3 is 1. The Labute approximate surface area is 134 Å². The number of nitrogens with one attached hydrogen (secondary N) is 1. The normalized spacial score (nSPS) is 25.9. The van der Waals surface area contributed by atoms with E-state index in [1.165, 1.54) is 6.33 Å². The van der Waals surface area contributed by atoms with Crippen LogP contribution in [0.4, 0.5) is 5.95 Å². The summed E-state index contributed by atoms with van der Waals surface area (Å²) in [7, 11) is 1.64. The maximum absolute atomic E-state index is 12.7. The van der Waals surface area contributed by atoms with E-state index in [-0.39, 0.29) is 23.7 Å². The predicted molar refractivity (Wildman–Crippen MR) is 85.1 cm³/mol. The number of fused-ring (bicyclic) bond motifs is 2. The lowest BCUT2D eigenvalue weighted by Gasteiger charge is -2.37. The average Bonchev–Trinajstić information content (AvgIpc) is 3.00. The van der Waals surface area contributed by atoms with Gasteiger partial charge in [-0.25, -0.2) is 4.68 Å². The summed E-state index contributed by atoms with van der Waals surface area (Å²) >= 11 is 0. The Balaban J connectivity index is 1.84. The third kappa shape index (κ3) is 2.21. The van der Waals surface area contributed by atoms with Crippen LogP contribution in [0.3, 0.4) is 0 Å². The van der Waals surface area contributed by atoms with Crippen molar-refractivity contribution in [3.05, 3.63) is 47.9 Å². The Bertz CT molecular complexity index is 778. The molecule has 3 atom stereocenters. The van der Waals surface area contributed by atoms with E-state index in [0.717, 1.165) is 17.0 Å². The van der Waals surface area contributed by atoms with Crippen LogP contribution in [-0.4, -0.2) is 27.7 Å². The van der Waals surface area contributed by atoms with Crippen LogP contribution >= 0.6 is 0 Å². The topological polar surface area (TPSA) is 69.0 Å². The van der Waals surface area contributed by atoms with Gasteiger partial charge in [0.05, 0.1) is 19.1 Å². The van der Waals surface area contributed by atoms with Gasteiger partial charge in [-0.15, -0.1) is 0 Å². The van der Waals surface area contributed by atoms with Crippen molar-refractivity contribution >= 4 is 11.7 Å². The molecule has 0 radical (unpaired) electrons. The SMILES string of the molecule is COc1ccc([C@@H]2[C@H]3C(=O)C[C@H](C)C=C3Nc3ncnn32)cc1. The number of aromatic nitrogens is 3. The van der Waals surface area contributed by atoms with Gasteiger partial charge in [0.2, 0.25) is 5.95 Å². The zero-order valence-corrected chi connectivity index (χ0v) is 13.1. The number of benzene rings is 1. The molecule has 1 N–H and O–H groups in total. The highest BCUT2D eigenvalue weighted by atomic mass is 16.5. The summed E-state index contributed by atoms with van der Waals surface area (Å²) in [5.74, 6) is 1.71. The molecule has 0 unspecified atom stereocenters. The van der Waals surface area contributed by atoms with Crippen LogP contribution in [0.5, 0.6) is 5.75 Å². The van der Waals surface area contributed by atoms with Crippen molar-refractivity contribution in [1.82, 2.24) is 14.8 Å². The average molecular weight is 310 g/mol. The summed E-state index contributed by atoms with van der Waals surface area (Å²) in [6, 6.07) is 7.62. The number of ether oxygens (including phenoxy) is 1. The van der Waals surface area contributed by atoms with Gasteiger partial charge >= 0.3 is 0 Å². The van der Waals surface area contributed by atoms with Gasteiger partial charge in [-0.1, -0.05) is 25.1 Å². The molecule has 1 aromatic heterocycles. The van der Waals surface area contributed by atoms with Gasteiger partial charge in [-0.2, -0.15) is 10.1 Å². The van der Waals surface area contributed by atoms with Crippen LogP contribution in [0.25, 0.3) is 0 Å². The molecule has 2 aromatic rings. The minimum atomic E-state index is -0.242. The van der Waals surface area contributed by atoms with Gasteiger partial charge in [0.15, 0.2) is 0 Å². The maximum atomic E-state index is 12.7. The first-order valence-corrected chi connectivity index (χ1v) is 7.72. The number of hydrogen-bond acceptors (Lipinski definition) is 5. The number of hydrogen-bond donors (Lipinski definition) is 1. The summed E-state index contributed by atoms with van der Waals surface area (Å²) in [5.41, 5.74) is 1.97. The van der Waals surface area contributed by atoms with Crippen molar-refractivity contribution in [2.24, 2.45) is 11.8 Å². The van der Waals surface area contributed by atoms with Gasteiger partial charge in [0.1, 0.15) is 17.9 Å². The number of nitrogens with zero attached hydrogens (tertiary/aromatic N) is 3. The van der Waals surface area contributed by atoms with Crippen LogP contribution < -0.4 is 10.1 Å². The standard InChI is InChI=1S/C17H18N4O2/c1-10-7-13-15(14(22)8-10)16(21-17(20-13)18-9-19-21)11-3-5-12(23-2)6-4-11/h3-7,9-10,15-16H,8H2,1-2H3,(H,18,19,20)/t10-,15-,16-/m1/s1. The highest BCUT2D eigenvalue weighted by molar-refractivity contribution is 5.87. The smallest absolute Gasteiger partial charge is 0.226 e. The predicted octanol–water partition coefficient (Wildman–Crippen LogP) is 2.41. The number of Topliss-reactive ketones (excluding diaryl/α,β-unsaturated/α-hetero) is 1. The molecule has 0 amide bonds. The van der Waals surface area contributed by atoms with E-state index in [2.05, 4.69) is 28.4 Å². The maximum Gasteiger partial charge on any atom is 0.226 e. The molecule has 0 fully saturated rings. The van der Waals surface area contributed by atoms with Crippen molar-refractivity contribution in [3.63, 3.8) is 0 Å². The van der Waals surface area contributed by atoms with Gasteiger partial charge < -0.3 is 10.1 Å². The van der Waals surface area contributed by atoms with Crippen LogP contribution in [0.2, 0.25) is 0 Å². The first kappa shape index (κ1) is 14.0. The van der Waals surface area contributed by atoms with E-state index >= 15 is 0 Å². The fourth-order valence-corrected chi connectivity index (χ4v) is 3.50. The molecular formula is C17H18N4O2. The van der Waals surface area contributed by atoms with Crippen molar-refractivity contribution in [2.75, 3.05) is 12.4 Å². The van der Waals surface area contributed by atoms with Gasteiger partial charge in [0, 0.05) is 12.1 Å². The molecule has 23 heavy (non-hydrogen) atoms. The first-order chi connectivity index (χ1) is 11.2. The van der Waals surface area contributed by atoms with E-state index in [9.17, 15) is 4.79 Å². The number of allylic oxidation sites excluding steroid dienone is 2. The van der Waals surface area contributed by atoms with Crippen molar-refractivity contribution in [2.45, 2.75) is 19.4 Å². The third-order valence-corrected chi connectivity index (χ3v) is 4.53. The number of anilines is 1. The van der Waals surface area contributed by atoms with E-state index < -0.39 is 0 Å². The molecule has 0 saturated carbocycles. The number of carbonyl (C=O) groups is 1. The molecule has 2 heterocycles. The van der Waals surface area contributed by atoms with E-state index in [4.69, 9.17) is 4.74 Å². The second-order valence-corrected chi connectivity index (χ2v) is 6.12. The van der Waals surface area contributed by atoms with E-state index in [1.807, 2.05) is 24.3 Å². The van der Waals surface area contributed by atoms with Crippen LogP contribution in [0.1, 0.15) is 24.9 Å². The Kier molecular flexibility index (Phi) is 3.18. The molecule has 1 aromatic carbocycles. The summed E-state index contributed by atoms with van der Waals surface area (Å²) in [4.78, 5) is 17.0. The summed E-state index contributed by atoms with van der Waals surface area (Å²) in [5, 5.41) is 7.60. The summed E-state index contributed by atoms with van der Waals surface area (Å²) < 4.78 is 7.03. The summed E-state index contributed by atoms with van der Waals surface area (Å²) in [6.45, 7) is 2.06. The van der Waals surface area contributed by atoms with Crippen LogP contribution in [-0.2, 0) is 4.79 Å². The molecule has 6 heteroatoms. The Morgan fingerprint density at radius 3 is 2.83 bits per heavy atom. The number of rotatable bonds is 2. The van der Waals surface area contributed by atoms with Crippen molar-refractivity contribution in [1.29, 1.82) is 0 Å². The minimum absolute atomic E-state index is 0.175. The second-order valence-electron chi connectivity index (χ2n) is 6.12. The second kappa shape index (κ2) is 5.22. The quantitative estimate of drug-likeness (QED) is 0.922. The monoisotopic (exact) mass is 310 g/mol. The third-order valence-electron chi connectivity index (χ3n) is 4.53. The molecule has 2 aliphatic rings. The lowest BCUT2D eigenvalue weighted by Crippen LogP contribution is -2.40. The number of ketones is 1. The zero-order chi connectivity index (χ0) is 16.0. The minimum Gasteiger partial charge on any atom is -0.497 e. The molecule has 1 aliphatic heterocycles. The molecule has 1 aliphatic carbocycles. The molecule has 4 rings (SSSR count). The fourth-order valence-electron chi connectivity index (χ4n) is 3.50. The van der Waals surface area contributed by atoms with Crippen LogP contribution in [0, 0.1) is 11.8 Å². The lowest BCUT2D eigenvalue weighted by atomic mass is 9.78. The summed E-state index contributed by atoms with van der Waals surface area (Å²) in [6.07, 6.45) is 4.22. The number of carbonyl (C=O) groups excluding carboxylic acids is 1. The molecule has 0 spiro atoms. The Morgan fingerprint density at radius 1 is 1.30 bits per heavy atom. The lowest BCUT2D eigenvalue weighted by molar-refractivity contribution is -0.123. The van der Waals surface area contributed by atoms with Gasteiger partial charge in [0.25, 0.3) is 0 Å². The van der Waals surface area contributed by atoms with Gasteiger partial charge in [-0.05, 0) is 23.6 Å². The fraction of sp³-hybridized carbons (Fsp3) is 0.353. The van der Waals surface area contributed by atoms with Gasteiger partial charge in [-0.3, -0.25) is 4.79 Å². The van der Waals surface area contributed by atoms with E-state index in [0.29, 0.717) is 12.4 Å². The highest BCUT2D eigenvalue weighted by Crippen LogP contribution is 2.42.